The Balaban J connectivity index is 1.22. The summed E-state index contributed by atoms with van der Waals surface area (Å²) in [6.07, 6.45) is 5.15. The van der Waals surface area contributed by atoms with Gasteiger partial charge in [0.2, 0.25) is 17.2 Å². The Kier molecular flexibility index (Phi) is 6.92. The van der Waals surface area contributed by atoms with Crippen molar-refractivity contribution in [2.75, 3.05) is 11.5 Å². The fraction of sp³-hybridized carbons (Fsp3) is 0.400. The summed E-state index contributed by atoms with van der Waals surface area (Å²) in [6, 6.07) is 2.45. The summed E-state index contributed by atoms with van der Waals surface area (Å²) in [5, 5.41) is 20.4. The first-order chi connectivity index (χ1) is 20.1. The molecule has 3 aliphatic rings. The molecule has 0 radical (unpaired) electrons. The Bertz CT molecular complexity index is 1690. The van der Waals surface area contributed by atoms with Crippen LogP contribution in [0.5, 0.6) is 0 Å². The molecule has 3 aromatic rings. The second kappa shape index (κ2) is 10.5. The molecule has 0 spiro atoms. The third-order valence-corrected chi connectivity index (χ3v) is 9.18. The summed E-state index contributed by atoms with van der Waals surface area (Å²) in [7, 11) is 0. The largest absolute Gasteiger partial charge is 0.477 e. The number of nitrogen functional groups attached to an aromatic ring is 1. The normalized spacial score (nSPS) is 21.9. The van der Waals surface area contributed by atoms with Gasteiger partial charge in [0.05, 0.1) is 6.20 Å². The van der Waals surface area contributed by atoms with Crippen LogP contribution in [0.25, 0.3) is 5.65 Å². The van der Waals surface area contributed by atoms with E-state index in [4.69, 9.17) is 10.6 Å². The third-order valence-electron chi connectivity index (χ3n) is 7.30. The molecule has 17 heteroatoms. The van der Waals surface area contributed by atoms with E-state index in [9.17, 15) is 24.3 Å². The molecular weight excluding hydrogens is 586 g/mol. The summed E-state index contributed by atoms with van der Waals surface area (Å²) in [5.74, 6) is -2.34. The van der Waals surface area contributed by atoms with Crippen molar-refractivity contribution in [1.82, 2.24) is 29.2 Å². The highest BCUT2D eigenvalue weighted by atomic mass is 32.2. The van der Waals surface area contributed by atoms with Crippen LogP contribution in [0.1, 0.15) is 43.0 Å². The van der Waals surface area contributed by atoms with Gasteiger partial charge in [-0.15, -0.1) is 11.8 Å². The highest BCUT2D eigenvalue weighted by Crippen LogP contribution is 2.42. The molecule has 218 valence electrons. The van der Waals surface area contributed by atoms with Gasteiger partial charge in [0.1, 0.15) is 36.0 Å². The Labute approximate surface area is 246 Å². The number of rotatable bonds is 9. The lowest BCUT2D eigenvalue weighted by molar-refractivity contribution is -0.662. The number of aromatic nitrogens is 5. The molecule has 42 heavy (non-hydrogen) atoms. The van der Waals surface area contributed by atoms with Gasteiger partial charge in [0.15, 0.2) is 11.4 Å². The quantitative estimate of drug-likeness (QED) is 0.0982. The van der Waals surface area contributed by atoms with Gasteiger partial charge in [-0.2, -0.15) is 9.36 Å². The minimum Gasteiger partial charge on any atom is -0.477 e. The first kappa shape index (κ1) is 27.8. The molecule has 0 bridgehead atoms. The van der Waals surface area contributed by atoms with Gasteiger partial charge < -0.3 is 21.0 Å². The number of aliphatic carboxylic acids is 1. The monoisotopic (exact) mass is 612 g/mol. The van der Waals surface area contributed by atoms with Crippen molar-refractivity contribution in [3.8, 4) is 0 Å². The number of nitrogens with zero attached hydrogens (tertiary/aromatic N) is 7. The smallest absolute Gasteiger partial charge is 0.352 e. The van der Waals surface area contributed by atoms with Crippen LogP contribution in [0.3, 0.4) is 0 Å². The maximum Gasteiger partial charge on any atom is 0.352 e. The average molecular weight is 613 g/mol. The molecule has 1 saturated carbocycles. The summed E-state index contributed by atoms with van der Waals surface area (Å²) >= 11 is 2.21. The molecule has 2 aliphatic heterocycles. The molecular formula is C25H26N9O6S2+. The molecule has 2 fully saturated rings. The number of hydrogen-bond donors (Lipinski definition) is 3. The second-order valence-electron chi connectivity index (χ2n) is 10.9. The van der Waals surface area contributed by atoms with Crippen molar-refractivity contribution in [2.45, 2.75) is 50.8 Å². The van der Waals surface area contributed by atoms with Gasteiger partial charge in [-0.1, -0.05) is 28.6 Å². The summed E-state index contributed by atoms with van der Waals surface area (Å²) in [6.45, 7) is 4.33. The zero-order valence-corrected chi connectivity index (χ0v) is 24.1. The highest BCUT2D eigenvalue weighted by Gasteiger charge is 2.55. The number of carbonyl (C=O) groups is 4. The van der Waals surface area contributed by atoms with Crippen LogP contribution in [0.15, 0.2) is 41.0 Å². The average Bonchev–Trinajstić information content (AvgIpc) is 3.53. The molecule has 3 aromatic heterocycles. The van der Waals surface area contributed by atoms with E-state index in [1.807, 2.05) is 0 Å². The lowest BCUT2D eigenvalue weighted by atomic mass is 9.70. The molecule has 6 rings (SSSR count). The molecule has 5 heterocycles. The van der Waals surface area contributed by atoms with Crippen molar-refractivity contribution in [2.24, 2.45) is 10.6 Å². The zero-order chi connectivity index (χ0) is 29.8. The number of oxime groups is 1. The van der Waals surface area contributed by atoms with E-state index < -0.39 is 29.2 Å². The van der Waals surface area contributed by atoms with Crippen LogP contribution < -0.4 is 15.6 Å². The van der Waals surface area contributed by atoms with Gasteiger partial charge in [-0.25, -0.2) is 9.36 Å². The van der Waals surface area contributed by atoms with Crippen molar-refractivity contribution >= 4 is 63.9 Å². The number of β-lactam (4-membered cyclic amide) rings is 1. The van der Waals surface area contributed by atoms with E-state index in [1.165, 1.54) is 27.4 Å². The van der Waals surface area contributed by atoms with Crippen LogP contribution in [0.4, 0.5) is 5.13 Å². The predicted molar refractivity (Wildman–Crippen MR) is 149 cm³/mol. The number of aldehydes is 1. The number of amides is 2. The van der Waals surface area contributed by atoms with E-state index in [1.54, 1.807) is 22.9 Å². The van der Waals surface area contributed by atoms with E-state index in [-0.39, 0.29) is 46.2 Å². The number of nitrogens with one attached hydrogen (secondary N) is 1. The summed E-state index contributed by atoms with van der Waals surface area (Å²) in [4.78, 5) is 61.3. The van der Waals surface area contributed by atoms with Crippen molar-refractivity contribution in [1.29, 1.82) is 0 Å². The second-order valence-corrected chi connectivity index (χ2v) is 12.8. The lowest BCUT2D eigenvalue weighted by Gasteiger charge is -2.49. The molecule has 15 nitrogen and oxygen atoms in total. The third kappa shape index (κ3) is 4.87. The van der Waals surface area contributed by atoms with Crippen molar-refractivity contribution in [3.63, 3.8) is 0 Å². The number of imidazole rings is 1. The highest BCUT2D eigenvalue weighted by molar-refractivity contribution is 8.00. The fourth-order valence-electron chi connectivity index (χ4n) is 5.38. The number of carboxylic acid groups (broad SMARTS) is 1. The number of fused-ring (bicyclic) bond motifs is 2. The number of carboxylic acids is 1. The first-order valence-electron chi connectivity index (χ1n) is 12.9. The van der Waals surface area contributed by atoms with E-state index in [0.717, 1.165) is 24.4 Å². The maximum absolute atomic E-state index is 13.3. The van der Waals surface area contributed by atoms with Gasteiger partial charge in [0.25, 0.3) is 11.8 Å². The Hall–Kier alpha value is -4.38. The number of carbonyl (C=O) groups excluding carboxylic acids is 3. The van der Waals surface area contributed by atoms with E-state index in [0.29, 0.717) is 23.2 Å². The minimum atomic E-state index is -1.27. The number of anilines is 1. The summed E-state index contributed by atoms with van der Waals surface area (Å²) in [5.41, 5.74) is 6.82. The van der Waals surface area contributed by atoms with Gasteiger partial charge in [-0.05, 0) is 24.3 Å². The van der Waals surface area contributed by atoms with Crippen LogP contribution >= 0.6 is 23.3 Å². The molecule has 2 amide bonds. The molecule has 2 atom stereocenters. The molecule has 1 saturated heterocycles. The fourth-order valence-corrected chi connectivity index (χ4v) is 7.15. The zero-order valence-electron chi connectivity index (χ0n) is 22.5. The maximum atomic E-state index is 13.3. The Morgan fingerprint density at radius 3 is 2.83 bits per heavy atom. The van der Waals surface area contributed by atoms with Crippen molar-refractivity contribution < 1.29 is 33.7 Å². The summed E-state index contributed by atoms with van der Waals surface area (Å²) < 4.78 is 7.23. The number of nitrogens with two attached hydrogens (primary N) is 1. The Morgan fingerprint density at radius 2 is 2.17 bits per heavy atom. The number of hydrogen-bond acceptors (Lipinski definition) is 12. The SMILES string of the molecule is CC1(C)CC(O/N=C(\C(=O)N[C@@H]2C(=O)N3C(C(=O)O)=C(C[n+]4cc(C=O)n5ncccc54)CS[C@H]23)c2nsc(N)n2)C1. The van der Waals surface area contributed by atoms with E-state index in [2.05, 4.69) is 38.8 Å². The standard InChI is InChI=1S/C25H25N9O6S2/c1-25(2)6-14(7-25)40-30-16(19-29-24(26)42-31-19)20(36)28-17-21(37)33-18(23(38)39)12(11-41-22(17)33)8-32-9-13(10-35)34-15(32)4-3-5-27-34/h3-5,9-10,14,17,22H,6-8,11H2,1-2H3,(H3-,26,28,29,31,36,38,39)/p+1/b30-16-/t17-,22-/m1/s1. The first-order valence-corrected chi connectivity index (χ1v) is 14.7. The predicted octanol–water partition coefficient (Wildman–Crippen LogP) is 0.216. The topological polar surface area (TPSA) is 198 Å². The van der Waals surface area contributed by atoms with Gasteiger partial charge in [0, 0.05) is 28.9 Å². The minimum absolute atomic E-state index is 0.0251. The molecule has 4 N–H and O–H groups in total. The van der Waals surface area contributed by atoms with Gasteiger partial charge in [-0.3, -0.25) is 19.3 Å². The molecule has 0 aromatic carbocycles. The lowest BCUT2D eigenvalue weighted by Crippen LogP contribution is -2.71. The van der Waals surface area contributed by atoms with Crippen molar-refractivity contribution in [3.05, 3.63) is 47.3 Å². The van der Waals surface area contributed by atoms with E-state index >= 15 is 0 Å². The molecule has 0 unspecified atom stereocenters. The van der Waals surface area contributed by atoms with Gasteiger partial charge >= 0.3 is 11.6 Å². The molecule has 1 aliphatic carbocycles. The Morgan fingerprint density at radius 1 is 1.38 bits per heavy atom. The number of thioether (sulfide) groups is 1. The van der Waals surface area contributed by atoms with Crippen LogP contribution in [0.2, 0.25) is 0 Å². The van der Waals surface area contributed by atoms with Crippen LogP contribution in [-0.2, 0) is 25.8 Å². The van der Waals surface area contributed by atoms with Crippen LogP contribution in [0, 0.1) is 5.41 Å². The van der Waals surface area contributed by atoms with Crippen LogP contribution in [-0.4, -0.2) is 82.0 Å².